The molecule has 0 aliphatic carbocycles. The van der Waals surface area contributed by atoms with Gasteiger partial charge in [0.05, 0.1) is 10.4 Å². The van der Waals surface area contributed by atoms with Crippen molar-refractivity contribution in [3.8, 4) is 0 Å². The van der Waals surface area contributed by atoms with E-state index < -0.39 is 22.1 Å². The zero-order valence-electron chi connectivity index (χ0n) is 14.8. The second-order valence-corrected chi connectivity index (χ2v) is 7.80. The molecule has 1 N–H and O–H groups in total. The predicted octanol–water partition coefficient (Wildman–Crippen LogP) is 3.03. The maximum atomic E-state index is 13.3. The van der Waals surface area contributed by atoms with Crippen LogP contribution in [-0.2, 0) is 14.8 Å². The summed E-state index contributed by atoms with van der Waals surface area (Å²) >= 11 is 0. The summed E-state index contributed by atoms with van der Waals surface area (Å²) in [5, 5.41) is 12.7. The molecule has 0 saturated heterocycles. The highest BCUT2D eigenvalue weighted by Crippen LogP contribution is 2.28. The number of hydrogen-bond donors (Lipinski definition) is 1. The summed E-state index contributed by atoms with van der Waals surface area (Å²) < 4.78 is 31.5. The van der Waals surface area contributed by atoms with Crippen LogP contribution in [0, 0.1) is 20.8 Å². The lowest BCUT2D eigenvalue weighted by atomic mass is 10.1. The normalized spacial score (nSPS) is 11.5. The van der Waals surface area contributed by atoms with Crippen molar-refractivity contribution in [2.75, 3.05) is 0 Å². The summed E-state index contributed by atoms with van der Waals surface area (Å²) in [6.45, 7) is 5.22. The largest absolute Gasteiger partial charge is 0.513 e. The fourth-order valence-electron chi connectivity index (χ4n) is 3.16. The van der Waals surface area contributed by atoms with Gasteiger partial charge in [-0.15, -0.1) is 5.10 Å². The van der Waals surface area contributed by atoms with Gasteiger partial charge in [-0.3, -0.25) is 0 Å². The lowest BCUT2D eigenvalue weighted by Gasteiger charge is -2.12. The van der Waals surface area contributed by atoms with Crippen LogP contribution in [0.5, 0.6) is 0 Å². The molecule has 0 fully saturated rings. The van der Waals surface area contributed by atoms with Crippen LogP contribution in [0.3, 0.4) is 0 Å². The van der Waals surface area contributed by atoms with E-state index >= 15 is 0 Å². The van der Waals surface area contributed by atoms with Gasteiger partial charge in [-0.05, 0) is 38.0 Å². The quantitative estimate of drug-likeness (QED) is 0.541. The van der Waals surface area contributed by atoms with Gasteiger partial charge in [0.2, 0.25) is 0 Å². The van der Waals surface area contributed by atoms with Crippen LogP contribution in [0.4, 0.5) is 4.79 Å². The van der Waals surface area contributed by atoms with Crippen LogP contribution in [0.1, 0.15) is 27.2 Å². The molecule has 0 unspecified atom stereocenters. The highest BCUT2D eigenvalue weighted by atomic mass is 32.2. The molecule has 140 valence electrons. The van der Waals surface area contributed by atoms with Gasteiger partial charge in [0.1, 0.15) is 0 Å². The molecule has 27 heavy (non-hydrogen) atoms. The monoisotopic (exact) mass is 388 g/mol. The van der Waals surface area contributed by atoms with Crippen LogP contribution >= 0.6 is 0 Å². The third-order valence-corrected chi connectivity index (χ3v) is 5.91. The third kappa shape index (κ3) is 3.17. The van der Waals surface area contributed by atoms with Crippen molar-refractivity contribution >= 4 is 33.1 Å². The summed E-state index contributed by atoms with van der Waals surface area (Å²) in [6.07, 6.45) is -1.80. The molecule has 0 saturated carbocycles. The molecular formula is C18H16N2O6S. The van der Waals surface area contributed by atoms with Crippen LogP contribution in [0.25, 0.3) is 10.9 Å². The summed E-state index contributed by atoms with van der Waals surface area (Å²) in [7, 11) is -4.13. The molecule has 0 radical (unpaired) electrons. The number of carbonyl (C=O) groups excluding carboxylic acids is 1. The maximum Gasteiger partial charge on any atom is 0.513 e. The van der Waals surface area contributed by atoms with Gasteiger partial charge in [-0.2, -0.15) is 12.5 Å². The maximum absolute atomic E-state index is 13.3. The number of para-hydroxylation sites is 1. The van der Waals surface area contributed by atoms with Crippen LogP contribution in [-0.4, -0.2) is 34.8 Å². The van der Waals surface area contributed by atoms with Gasteiger partial charge >= 0.3 is 12.1 Å². The van der Waals surface area contributed by atoms with Crippen LogP contribution < -0.4 is 0 Å². The first-order valence-electron chi connectivity index (χ1n) is 7.89. The number of aryl methyl sites for hydroxylation is 3. The molecule has 0 atom stereocenters. The third-order valence-electron chi connectivity index (χ3n) is 4.02. The lowest BCUT2D eigenvalue weighted by molar-refractivity contribution is 0.0505. The van der Waals surface area contributed by atoms with E-state index in [0.717, 1.165) is 9.65 Å². The Kier molecular flexibility index (Phi) is 4.48. The van der Waals surface area contributed by atoms with Crippen molar-refractivity contribution in [1.82, 2.24) is 9.19 Å². The molecule has 3 aromatic rings. The van der Waals surface area contributed by atoms with Gasteiger partial charge in [0, 0.05) is 5.39 Å². The Morgan fingerprint density at radius 2 is 1.67 bits per heavy atom. The van der Waals surface area contributed by atoms with E-state index in [9.17, 15) is 18.0 Å². The molecule has 1 aromatic heterocycles. The predicted molar refractivity (Wildman–Crippen MR) is 96.4 cm³/mol. The first-order chi connectivity index (χ1) is 12.6. The van der Waals surface area contributed by atoms with Gasteiger partial charge in [0.15, 0.2) is 5.69 Å². The molecular weight excluding hydrogens is 372 g/mol. The number of fused-ring (bicyclic) bond motifs is 1. The fraction of sp³-hybridized carbons (Fsp3) is 0.167. The standard InChI is InChI=1S/C18H16N2O6S/c1-10-8-11(2)16(12(3)9-10)27(24,25)20-14-7-5-4-6-13(14)15(19-20)17(21)26-18(22)23/h4-9H,1-3H3,(H,22,23). The lowest BCUT2D eigenvalue weighted by Crippen LogP contribution is -2.18. The second kappa shape index (κ2) is 6.51. The van der Waals surface area contributed by atoms with E-state index in [2.05, 4.69) is 9.84 Å². The zero-order valence-corrected chi connectivity index (χ0v) is 15.6. The number of aromatic nitrogens is 2. The summed E-state index contributed by atoms with van der Waals surface area (Å²) in [6, 6.07) is 9.62. The molecule has 2 aromatic carbocycles. The van der Waals surface area contributed by atoms with Crippen molar-refractivity contribution < 1.29 is 27.9 Å². The molecule has 9 heteroatoms. The Morgan fingerprint density at radius 1 is 1.07 bits per heavy atom. The van der Waals surface area contributed by atoms with Crippen molar-refractivity contribution in [2.24, 2.45) is 0 Å². The topological polar surface area (TPSA) is 116 Å². The minimum absolute atomic E-state index is 0.0829. The van der Waals surface area contributed by atoms with E-state index in [0.29, 0.717) is 11.1 Å². The molecule has 3 rings (SSSR count). The first kappa shape index (κ1) is 18.6. The van der Waals surface area contributed by atoms with E-state index in [1.165, 1.54) is 12.1 Å². The number of esters is 1. The average molecular weight is 388 g/mol. The highest BCUT2D eigenvalue weighted by molar-refractivity contribution is 7.90. The van der Waals surface area contributed by atoms with Gasteiger partial charge in [-0.1, -0.05) is 35.9 Å². The number of ether oxygens (including phenoxy) is 1. The Hall–Kier alpha value is -3.20. The van der Waals surface area contributed by atoms with E-state index in [-0.39, 0.29) is 21.5 Å². The first-order valence-corrected chi connectivity index (χ1v) is 9.33. The highest BCUT2D eigenvalue weighted by Gasteiger charge is 2.29. The molecule has 0 bridgehead atoms. The number of benzene rings is 2. The molecule has 8 nitrogen and oxygen atoms in total. The minimum atomic E-state index is -4.13. The number of carbonyl (C=O) groups is 2. The van der Waals surface area contributed by atoms with Crippen molar-refractivity contribution in [2.45, 2.75) is 25.7 Å². The van der Waals surface area contributed by atoms with Crippen molar-refractivity contribution in [1.29, 1.82) is 0 Å². The minimum Gasteiger partial charge on any atom is -0.449 e. The zero-order chi connectivity index (χ0) is 19.9. The smallest absolute Gasteiger partial charge is 0.449 e. The second-order valence-electron chi connectivity index (χ2n) is 6.10. The Labute approximate surface area is 155 Å². The molecule has 1 heterocycles. The van der Waals surface area contributed by atoms with Gasteiger partial charge in [0.25, 0.3) is 10.0 Å². The number of carboxylic acid groups (broad SMARTS) is 1. The van der Waals surface area contributed by atoms with E-state index in [1.807, 2.05) is 6.92 Å². The Balaban J connectivity index is 2.29. The number of nitrogens with zero attached hydrogens (tertiary/aromatic N) is 2. The number of rotatable bonds is 3. The van der Waals surface area contributed by atoms with Gasteiger partial charge < -0.3 is 9.84 Å². The molecule has 0 spiro atoms. The van der Waals surface area contributed by atoms with E-state index in [1.54, 1.807) is 38.1 Å². The van der Waals surface area contributed by atoms with Crippen LogP contribution in [0.15, 0.2) is 41.3 Å². The fourth-order valence-corrected chi connectivity index (χ4v) is 4.87. The summed E-state index contributed by atoms with van der Waals surface area (Å²) in [4.78, 5) is 22.8. The van der Waals surface area contributed by atoms with Crippen LogP contribution in [0.2, 0.25) is 0 Å². The van der Waals surface area contributed by atoms with E-state index in [4.69, 9.17) is 5.11 Å². The molecule has 0 amide bonds. The summed E-state index contributed by atoms with van der Waals surface area (Å²) in [5.41, 5.74) is 1.76. The van der Waals surface area contributed by atoms with Crippen molar-refractivity contribution in [3.05, 3.63) is 58.8 Å². The number of hydrogen-bond acceptors (Lipinski definition) is 6. The van der Waals surface area contributed by atoms with Crippen molar-refractivity contribution in [3.63, 3.8) is 0 Å². The SMILES string of the molecule is Cc1cc(C)c(S(=O)(=O)n2nc(C(=O)OC(=O)O)c3ccccc32)c(C)c1. The molecule has 0 aliphatic rings. The molecule has 0 aliphatic heterocycles. The Bertz CT molecular complexity index is 1170. The Morgan fingerprint density at radius 3 is 2.26 bits per heavy atom. The summed E-state index contributed by atoms with van der Waals surface area (Å²) in [5.74, 6) is -1.25. The van der Waals surface area contributed by atoms with Gasteiger partial charge in [-0.25, -0.2) is 9.59 Å². The average Bonchev–Trinajstić information content (AvgIpc) is 2.93.